The molecule has 8 heteroatoms. The van der Waals surface area contributed by atoms with Crippen LogP contribution in [-0.2, 0) is 25.3 Å². The molecule has 2 bridgehead atoms. The van der Waals surface area contributed by atoms with Crippen molar-refractivity contribution in [2.75, 3.05) is 13.9 Å². The van der Waals surface area contributed by atoms with E-state index in [1.54, 1.807) is 7.11 Å². The van der Waals surface area contributed by atoms with E-state index in [1.807, 2.05) is 33.6 Å². The van der Waals surface area contributed by atoms with Crippen LogP contribution in [0.4, 0.5) is 0 Å². The third kappa shape index (κ3) is 4.06. The Hall–Kier alpha value is -2.97. The standard InChI is InChI=1S/C37H48N2O6/c1-24(10-6-5-7-13-31(40)41)28-14-15-29-34(28,2)18-17-30-35(3)19-16-25(45-23-44-4)22-36(35)20-21-37(29,30)39-33(43)27-12-9-8-11-26(27)32(42)38(36)39/h6,8-12,20-21,24-25,28-30H,5,7,13-19,22-23H2,1-4H3,(H,40,41)/t24-,25?,28-,29-,30-,34-,35-,36?,37?/m1/s1. The number of carbonyl (C=O) groups is 1. The summed E-state index contributed by atoms with van der Waals surface area (Å²) in [5.74, 6) is 0.485. The number of allylic oxidation sites excluding steroid dienone is 4. The van der Waals surface area contributed by atoms with Crippen molar-refractivity contribution in [2.45, 2.75) is 102 Å². The van der Waals surface area contributed by atoms with Crippen LogP contribution in [0, 0.1) is 34.5 Å². The topological polar surface area (TPSA) is 99.8 Å². The first-order valence-corrected chi connectivity index (χ1v) is 17.0. The number of carboxylic acid groups (broad SMARTS) is 1. The highest BCUT2D eigenvalue weighted by Crippen LogP contribution is 2.74. The normalized spacial score (nSPS) is 38.6. The Morgan fingerprint density at radius 1 is 1.02 bits per heavy atom. The van der Waals surface area contributed by atoms with Crippen LogP contribution in [0.5, 0.6) is 0 Å². The van der Waals surface area contributed by atoms with Gasteiger partial charge in [-0.2, -0.15) is 0 Å². The molecule has 6 aliphatic rings. The molecular weight excluding hydrogens is 568 g/mol. The Kier molecular flexibility index (Phi) is 7.36. The summed E-state index contributed by atoms with van der Waals surface area (Å²) >= 11 is 0. The Morgan fingerprint density at radius 2 is 1.76 bits per heavy atom. The summed E-state index contributed by atoms with van der Waals surface area (Å²) in [5, 5.41) is 10.0. The van der Waals surface area contributed by atoms with E-state index in [4.69, 9.17) is 14.6 Å². The third-order valence-electron chi connectivity index (χ3n) is 13.4. The van der Waals surface area contributed by atoms with Crippen molar-refractivity contribution < 1.29 is 19.4 Å². The number of nitrogens with zero attached hydrogens (tertiary/aromatic N) is 2. The lowest BCUT2D eigenvalue weighted by molar-refractivity contribution is -0.211. The molecule has 0 amide bonds. The molecule has 3 saturated carbocycles. The van der Waals surface area contributed by atoms with E-state index in [0.717, 1.165) is 44.9 Å². The zero-order chi connectivity index (χ0) is 31.8. The van der Waals surface area contributed by atoms with Crippen molar-refractivity contribution in [2.24, 2.45) is 34.5 Å². The van der Waals surface area contributed by atoms with Crippen LogP contribution >= 0.6 is 0 Å². The van der Waals surface area contributed by atoms with Crippen molar-refractivity contribution >= 4 is 16.7 Å². The predicted octanol–water partition coefficient (Wildman–Crippen LogP) is 6.21. The van der Waals surface area contributed by atoms with Crippen molar-refractivity contribution in [3.63, 3.8) is 0 Å². The molecule has 8 rings (SSSR count). The summed E-state index contributed by atoms with van der Waals surface area (Å²) < 4.78 is 15.3. The third-order valence-corrected chi connectivity index (χ3v) is 13.4. The predicted molar refractivity (Wildman–Crippen MR) is 173 cm³/mol. The molecular formula is C37H48N2O6. The van der Waals surface area contributed by atoms with Gasteiger partial charge in [0, 0.05) is 25.4 Å². The second-order valence-electron chi connectivity index (χ2n) is 15.2. The average Bonchev–Trinajstić information content (AvgIpc) is 3.39. The van der Waals surface area contributed by atoms with Gasteiger partial charge in [-0.05, 0) is 92.6 Å². The summed E-state index contributed by atoms with van der Waals surface area (Å²) in [5.41, 5.74) is -1.59. The molecule has 0 saturated heterocycles. The molecule has 0 radical (unpaired) electrons. The monoisotopic (exact) mass is 616 g/mol. The molecule has 8 nitrogen and oxygen atoms in total. The molecule has 2 aromatic rings. The van der Waals surface area contributed by atoms with Gasteiger partial charge in [-0.15, -0.1) is 0 Å². The van der Waals surface area contributed by atoms with Gasteiger partial charge < -0.3 is 14.6 Å². The minimum atomic E-state index is -0.747. The molecule has 3 fully saturated rings. The number of carboxylic acids is 1. The summed E-state index contributed by atoms with van der Waals surface area (Å²) in [6.45, 7) is 7.36. The number of rotatable bonds is 9. The van der Waals surface area contributed by atoms with Crippen LogP contribution in [0.1, 0.15) is 85.0 Å². The number of hydrogen-bond donors (Lipinski definition) is 1. The lowest BCUT2D eigenvalue weighted by Gasteiger charge is -2.72. The molecule has 45 heavy (non-hydrogen) atoms. The number of unbranched alkanes of at least 4 members (excludes halogenated alkanes) is 1. The molecule has 9 atom stereocenters. The Morgan fingerprint density at radius 3 is 2.47 bits per heavy atom. The van der Waals surface area contributed by atoms with E-state index in [-0.39, 0.29) is 53.1 Å². The molecule has 3 unspecified atom stereocenters. The molecule has 4 aliphatic carbocycles. The first-order valence-electron chi connectivity index (χ1n) is 17.0. The maximum atomic E-state index is 14.8. The average molecular weight is 617 g/mol. The highest BCUT2D eigenvalue weighted by molar-refractivity contribution is 5.80. The van der Waals surface area contributed by atoms with Crippen LogP contribution in [0.3, 0.4) is 0 Å². The number of benzene rings is 1. The fraction of sp³-hybridized carbons (Fsp3) is 0.649. The zero-order valence-corrected chi connectivity index (χ0v) is 27.2. The van der Waals surface area contributed by atoms with Gasteiger partial charge in [-0.1, -0.05) is 57.2 Å². The zero-order valence-electron chi connectivity index (χ0n) is 27.2. The number of aliphatic carboxylic acids is 1. The number of aromatic nitrogens is 2. The van der Waals surface area contributed by atoms with E-state index in [0.29, 0.717) is 35.4 Å². The smallest absolute Gasteiger partial charge is 0.303 e. The van der Waals surface area contributed by atoms with Gasteiger partial charge in [-0.25, -0.2) is 9.36 Å². The fourth-order valence-electron chi connectivity index (χ4n) is 11.5. The van der Waals surface area contributed by atoms with E-state index in [2.05, 4.69) is 45.1 Å². The van der Waals surface area contributed by atoms with E-state index >= 15 is 0 Å². The van der Waals surface area contributed by atoms with Crippen molar-refractivity contribution in [3.05, 3.63) is 69.3 Å². The maximum absolute atomic E-state index is 14.8. The minimum absolute atomic E-state index is 0.00982. The number of ether oxygens (including phenoxy) is 2. The molecule has 1 N–H and O–H groups in total. The quantitative estimate of drug-likeness (QED) is 0.204. The summed E-state index contributed by atoms with van der Waals surface area (Å²) in [6.07, 6.45) is 17.4. The molecule has 1 aromatic carbocycles. The molecule has 3 heterocycles. The summed E-state index contributed by atoms with van der Waals surface area (Å²) in [7, 11) is 1.64. The van der Waals surface area contributed by atoms with Crippen LogP contribution in [-0.4, -0.2) is 40.4 Å². The second-order valence-corrected chi connectivity index (χ2v) is 15.2. The van der Waals surface area contributed by atoms with Crippen LogP contribution in [0.25, 0.3) is 10.8 Å². The van der Waals surface area contributed by atoms with Gasteiger partial charge in [0.1, 0.15) is 6.79 Å². The van der Waals surface area contributed by atoms with Crippen molar-refractivity contribution in [3.8, 4) is 0 Å². The van der Waals surface area contributed by atoms with Crippen molar-refractivity contribution in [1.29, 1.82) is 0 Å². The van der Waals surface area contributed by atoms with Gasteiger partial charge in [0.15, 0.2) is 0 Å². The summed E-state index contributed by atoms with van der Waals surface area (Å²) in [6, 6.07) is 7.36. The van der Waals surface area contributed by atoms with Gasteiger partial charge in [-0.3, -0.25) is 14.4 Å². The lowest BCUT2D eigenvalue weighted by atomic mass is 9.40. The molecule has 2 spiro atoms. The first kappa shape index (κ1) is 30.7. The van der Waals surface area contributed by atoms with Gasteiger partial charge in [0.25, 0.3) is 11.1 Å². The SMILES string of the molecule is COCOC1CC[C@]2(C)[C@H]3CC[C@]4(C)[C@@H]([C@H](C)C=CCCCC(=O)O)CC[C@H]4C34C=CC2(C1)n1c(=O)c2ccccc2c(=O)n14. The number of methoxy groups -OCH3 is 1. The highest BCUT2D eigenvalue weighted by Gasteiger charge is 2.74. The van der Waals surface area contributed by atoms with Gasteiger partial charge in [0.05, 0.1) is 28.0 Å². The van der Waals surface area contributed by atoms with Crippen LogP contribution < -0.4 is 11.1 Å². The maximum Gasteiger partial charge on any atom is 0.303 e. The van der Waals surface area contributed by atoms with Crippen LogP contribution in [0.2, 0.25) is 0 Å². The number of fused-ring (bicyclic) bond motifs is 2. The van der Waals surface area contributed by atoms with E-state index in [1.165, 1.54) is 0 Å². The Labute approximate surface area is 265 Å². The summed E-state index contributed by atoms with van der Waals surface area (Å²) in [4.78, 5) is 40.5. The van der Waals surface area contributed by atoms with E-state index in [9.17, 15) is 14.4 Å². The Bertz CT molecular complexity index is 1690. The molecule has 2 aliphatic heterocycles. The van der Waals surface area contributed by atoms with Gasteiger partial charge >= 0.3 is 5.97 Å². The fourth-order valence-corrected chi connectivity index (χ4v) is 11.5. The van der Waals surface area contributed by atoms with Gasteiger partial charge in [0.2, 0.25) is 0 Å². The molecule has 1 aromatic heterocycles. The van der Waals surface area contributed by atoms with Crippen molar-refractivity contribution in [1.82, 2.24) is 9.36 Å². The largest absolute Gasteiger partial charge is 0.481 e. The Balaban J connectivity index is 1.37. The molecule has 242 valence electrons. The second kappa shape index (κ2) is 10.8. The van der Waals surface area contributed by atoms with E-state index < -0.39 is 17.0 Å². The first-order chi connectivity index (χ1) is 21.5. The van der Waals surface area contributed by atoms with Crippen LogP contribution in [0.15, 0.2) is 58.2 Å². The minimum Gasteiger partial charge on any atom is -0.481 e. The lowest BCUT2D eigenvalue weighted by Crippen LogP contribution is -2.78. The highest BCUT2D eigenvalue weighted by atomic mass is 16.7. The number of hydrogen-bond acceptors (Lipinski definition) is 5.